The number of hydrogen-bond donors (Lipinski definition) is 1. The zero-order chi connectivity index (χ0) is 10.0. The van der Waals surface area contributed by atoms with E-state index >= 15 is 0 Å². The first-order chi connectivity index (χ1) is 6.73. The Morgan fingerprint density at radius 2 is 2.23 bits per heavy atom. The lowest BCUT2D eigenvalue weighted by molar-refractivity contribution is 0.702. The molecule has 0 aromatic carbocycles. The maximum absolute atomic E-state index is 8.31. The van der Waals surface area contributed by atoms with Crippen molar-refractivity contribution in [3.8, 4) is 0 Å². The van der Waals surface area contributed by atoms with E-state index in [2.05, 4.69) is 10.3 Å². The van der Waals surface area contributed by atoms with Crippen molar-refractivity contribution < 1.29 is 1.37 Å². The molecule has 0 amide bonds. The molecule has 1 N–H and O–H groups in total. The molecule has 2 nitrogen and oxygen atoms in total. The van der Waals surface area contributed by atoms with Gasteiger partial charge < -0.3 is 5.32 Å². The molecule has 0 radical (unpaired) electrons. The largest absolute Gasteiger partial charge is 0.380 e. The van der Waals surface area contributed by atoms with E-state index in [-0.39, 0.29) is 0 Å². The van der Waals surface area contributed by atoms with Crippen LogP contribution in [0.4, 0.5) is 0 Å². The van der Waals surface area contributed by atoms with E-state index in [1.165, 1.54) is 0 Å². The molecule has 13 heavy (non-hydrogen) atoms. The second kappa shape index (κ2) is 3.44. The Bertz CT molecular complexity index is 384. The van der Waals surface area contributed by atoms with Gasteiger partial charge in [0.15, 0.2) is 0 Å². The number of dihydropyridines is 1. The molecule has 1 aliphatic rings. The fourth-order valence-electron chi connectivity index (χ4n) is 1.35. The van der Waals surface area contributed by atoms with E-state index in [0.29, 0.717) is 0 Å². The third kappa shape index (κ3) is 1.61. The van der Waals surface area contributed by atoms with Crippen LogP contribution in [0.15, 0.2) is 48.5 Å². The second-order valence-corrected chi connectivity index (χ2v) is 2.96. The quantitative estimate of drug-likeness (QED) is 0.704. The lowest BCUT2D eigenvalue weighted by Crippen LogP contribution is -2.18. The molecule has 1 aliphatic heterocycles. The lowest BCUT2D eigenvalue weighted by Gasteiger charge is -2.20. The molecular formula is C11H12N2. The van der Waals surface area contributed by atoms with Gasteiger partial charge in [0, 0.05) is 12.4 Å². The molecule has 0 saturated carbocycles. The molecule has 1 aromatic rings. The average Bonchev–Trinajstić information content (AvgIpc) is 2.24. The first kappa shape index (κ1) is 6.89. The maximum Gasteiger partial charge on any atom is 0.0723 e. The summed E-state index contributed by atoms with van der Waals surface area (Å²) in [5.74, 6) is 0. The predicted molar refractivity (Wildman–Crippen MR) is 53.0 cm³/mol. The number of nitrogens with one attached hydrogen (secondary N) is 1. The molecule has 0 bridgehead atoms. The van der Waals surface area contributed by atoms with Gasteiger partial charge in [-0.1, -0.05) is 6.08 Å². The highest BCUT2D eigenvalue weighted by atomic mass is 14.9. The molecule has 0 spiro atoms. The van der Waals surface area contributed by atoms with Gasteiger partial charge in [0.1, 0.15) is 0 Å². The Morgan fingerprint density at radius 3 is 2.92 bits per heavy atom. The molecule has 0 fully saturated rings. The molecule has 2 heteroatoms. The third-order valence-corrected chi connectivity index (χ3v) is 2.03. The van der Waals surface area contributed by atoms with Gasteiger partial charge in [-0.15, -0.1) is 0 Å². The van der Waals surface area contributed by atoms with E-state index in [0.717, 1.165) is 11.1 Å². The van der Waals surface area contributed by atoms with Gasteiger partial charge in [-0.25, -0.2) is 0 Å². The molecule has 1 atom stereocenters. The van der Waals surface area contributed by atoms with E-state index < -0.39 is 6.02 Å². The van der Waals surface area contributed by atoms with Crippen molar-refractivity contribution >= 4 is 0 Å². The Kier molecular flexibility index (Phi) is 1.82. The molecule has 2 rings (SSSR count). The zero-order valence-electron chi connectivity index (χ0n) is 8.49. The summed E-state index contributed by atoms with van der Waals surface area (Å²) in [7, 11) is 0. The molecule has 2 heterocycles. The highest BCUT2D eigenvalue weighted by molar-refractivity contribution is 5.30. The van der Waals surface area contributed by atoms with E-state index in [1.54, 1.807) is 18.6 Å². The summed E-state index contributed by atoms with van der Waals surface area (Å²) in [6.45, 7) is 1.95. The second-order valence-electron chi connectivity index (χ2n) is 2.96. The van der Waals surface area contributed by atoms with Crippen LogP contribution in [0.5, 0.6) is 0 Å². The minimum absolute atomic E-state index is 0.836. The molecule has 0 aliphatic carbocycles. The molecule has 1 unspecified atom stereocenters. The maximum atomic E-state index is 8.31. The first-order valence-electron chi connectivity index (χ1n) is 4.75. The Balaban J connectivity index is 2.43. The summed E-state index contributed by atoms with van der Waals surface area (Å²) in [5.41, 5.74) is 1.89. The predicted octanol–water partition coefficient (Wildman–Crippen LogP) is 2.19. The molecule has 0 saturated heterocycles. The van der Waals surface area contributed by atoms with Crippen LogP contribution in [0.3, 0.4) is 0 Å². The number of pyridine rings is 1. The van der Waals surface area contributed by atoms with Crippen LogP contribution in [0.1, 0.15) is 19.9 Å². The Hall–Kier alpha value is -1.57. The minimum atomic E-state index is -0.836. The van der Waals surface area contributed by atoms with Crippen LogP contribution in [0, 0.1) is 0 Å². The molecule has 1 aromatic heterocycles. The van der Waals surface area contributed by atoms with Crippen LogP contribution in [0.2, 0.25) is 0 Å². The van der Waals surface area contributed by atoms with Gasteiger partial charge in [0.05, 0.1) is 7.39 Å². The summed E-state index contributed by atoms with van der Waals surface area (Å²) in [4.78, 5) is 3.95. The third-order valence-electron chi connectivity index (χ3n) is 2.03. The van der Waals surface area contributed by atoms with Gasteiger partial charge in [0.2, 0.25) is 0 Å². The summed E-state index contributed by atoms with van der Waals surface area (Å²) in [6, 6.07) is 2.88. The van der Waals surface area contributed by atoms with Crippen molar-refractivity contribution in [1.29, 1.82) is 0 Å². The van der Waals surface area contributed by atoms with Crippen LogP contribution >= 0.6 is 0 Å². The van der Waals surface area contributed by atoms with Crippen molar-refractivity contribution in [2.75, 3.05) is 0 Å². The normalized spacial score (nSPS) is 27.5. The number of nitrogens with zero attached hydrogens (tertiary/aromatic N) is 1. The van der Waals surface area contributed by atoms with Crippen molar-refractivity contribution in [2.45, 2.75) is 12.9 Å². The van der Waals surface area contributed by atoms with Crippen LogP contribution < -0.4 is 5.32 Å². The van der Waals surface area contributed by atoms with Crippen LogP contribution in [-0.4, -0.2) is 4.98 Å². The Morgan fingerprint density at radius 1 is 1.46 bits per heavy atom. The zero-order valence-corrected chi connectivity index (χ0v) is 7.49. The van der Waals surface area contributed by atoms with Gasteiger partial charge >= 0.3 is 0 Å². The summed E-state index contributed by atoms with van der Waals surface area (Å²) < 4.78 is 8.31. The van der Waals surface area contributed by atoms with Crippen molar-refractivity contribution in [3.05, 3.63) is 54.0 Å². The summed E-state index contributed by atoms with van der Waals surface area (Å²) in [6.07, 6.45) is 9.06. The number of rotatable bonds is 1. The molecule has 66 valence electrons. The number of hydrogen-bond acceptors (Lipinski definition) is 2. The van der Waals surface area contributed by atoms with Gasteiger partial charge in [-0.2, -0.15) is 0 Å². The van der Waals surface area contributed by atoms with Gasteiger partial charge in [-0.05, 0) is 42.5 Å². The van der Waals surface area contributed by atoms with E-state index in [4.69, 9.17) is 1.37 Å². The minimum Gasteiger partial charge on any atom is -0.380 e. The van der Waals surface area contributed by atoms with Crippen molar-refractivity contribution in [2.24, 2.45) is 0 Å². The SMILES string of the molecule is [2H]C1(c2ccncc2)NC=CC=C1C. The number of allylic oxidation sites excluding steroid dienone is 2. The summed E-state index contributed by atoms with van der Waals surface area (Å²) >= 11 is 0. The molecular weight excluding hydrogens is 160 g/mol. The van der Waals surface area contributed by atoms with Crippen molar-refractivity contribution in [1.82, 2.24) is 10.3 Å². The fourth-order valence-corrected chi connectivity index (χ4v) is 1.35. The van der Waals surface area contributed by atoms with Crippen molar-refractivity contribution in [3.63, 3.8) is 0 Å². The highest BCUT2D eigenvalue weighted by Gasteiger charge is 2.12. The Labute approximate surface area is 79.4 Å². The average molecular weight is 173 g/mol. The monoisotopic (exact) mass is 173 g/mol. The van der Waals surface area contributed by atoms with Crippen LogP contribution in [0.25, 0.3) is 0 Å². The summed E-state index contributed by atoms with van der Waals surface area (Å²) in [5, 5.41) is 3.05. The van der Waals surface area contributed by atoms with Gasteiger partial charge in [-0.3, -0.25) is 4.98 Å². The first-order valence-corrected chi connectivity index (χ1v) is 4.25. The van der Waals surface area contributed by atoms with Gasteiger partial charge in [0.25, 0.3) is 0 Å². The highest BCUT2D eigenvalue weighted by Crippen LogP contribution is 2.22. The van der Waals surface area contributed by atoms with Crippen LogP contribution in [-0.2, 0) is 0 Å². The van der Waals surface area contributed by atoms with E-state index in [9.17, 15) is 0 Å². The van der Waals surface area contributed by atoms with E-state index in [1.807, 2.05) is 31.2 Å². The standard InChI is InChI=1S/C11H12N2/c1-9-3-2-6-13-11(9)10-4-7-12-8-5-10/h2-8,11,13H,1H3/i11D. The lowest BCUT2D eigenvalue weighted by atomic mass is 9.99. The number of aromatic nitrogens is 1. The fraction of sp³-hybridized carbons (Fsp3) is 0.182. The topological polar surface area (TPSA) is 24.9 Å². The smallest absolute Gasteiger partial charge is 0.0723 e.